The zero-order chi connectivity index (χ0) is 13.8. The lowest BCUT2D eigenvalue weighted by Crippen LogP contribution is -2.23. The van der Waals surface area contributed by atoms with Crippen molar-refractivity contribution in [1.29, 1.82) is 0 Å². The van der Waals surface area contributed by atoms with Crippen molar-refractivity contribution in [1.82, 2.24) is 20.5 Å². The standard InChI is InChI=1S/C13H16N4O2/c1-8-12(9(2)17-16-8)13(18)15-7-10-4-5-11(19-3)14-6-10/h4-6H,7H2,1-3H3,(H,15,18)(H,16,17). The van der Waals surface area contributed by atoms with E-state index in [1.54, 1.807) is 26.3 Å². The fourth-order valence-electron chi connectivity index (χ4n) is 1.79. The second kappa shape index (κ2) is 5.51. The Balaban J connectivity index is 2.00. The lowest BCUT2D eigenvalue weighted by atomic mass is 10.2. The summed E-state index contributed by atoms with van der Waals surface area (Å²) >= 11 is 0. The number of rotatable bonds is 4. The third-order valence-corrected chi connectivity index (χ3v) is 2.81. The maximum atomic E-state index is 12.0. The van der Waals surface area contributed by atoms with E-state index in [1.165, 1.54) is 0 Å². The molecule has 2 aromatic heterocycles. The Labute approximate surface area is 111 Å². The number of carbonyl (C=O) groups is 1. The van der Waals surface area contributed by atoms with E-state index in [0.29, 0.717) is 23.7 Å². The summed E-state index contributed by atoms with van der Waals surface area (Å²) in [6, 6.07) is 3.62. The van der Waals surface area contributed by atoms with Gasteiger partial charge in [0, 0.05) is 24.5 Å². The first-order valence-corrected chi connectivity index (χ1v) is 5.90. The highest BCUT2D eigenvalue weighted by Gasteiger charge is 2.14. The summed E-state index contributed by atoms with van der Waals surface area (Å²) < 4.78 is 4.97. The van der Waals surface area contributed by atoms with E-state index in [4.69, 9.17) is 4.74 Å². The minimum absolute atomic E-state index is 0.139. The molecule has 100 valence electrons. The smallest absolute Gasteiger partial charge is 0.255 e. The van der Waals surface area contributed by atoms with Crippen LogP contribution in [0.2, 0.25) is 0 Å². The third kappa shape index (κ3) is 2.90. The number of H-pyrrole nitrogens is 1. The van der Waals surface area contributed by atoms with Crippen molar-refractivity contribution in [3.8, 4) is 5.88 Å². The Morgan fingerprint density at radius 1 is 1.42 bits per heavy atom. The molecule has 6 nitrogen and oxygen atoms in total. The predicted octanol–water partition coefficient (Wildman–Crippen LogP) is 1.36. The summed E-state index contributed by atoms with van der Waals surface area (Å²) in [5.41, 5.74) is 2.97. The highest BCUT2D eigenvalue weighted by atomic mass is 16.5. The molecule has 0 fully saturated rings. The molecular formula is C13H16N4O2. The summed E-state index contributed by atoms with van der Waals surface area (Å²) in [6.07, 6.45) is 1.67. The number of pyridine rings is 1. The Kier molecular flexibility index (Phi) is 3.79. The van der Waals surface area contributed by atoms with Crippen molar-refractivity contribution in [2.75, 3.05) is 7.11 Å². The van der Waals surface area contributed by atoms with Crippen LogP contribution in [-0.2, 0) is 6.54 Å². The normalized spacial score (nSPS) is 10.3. The van der Waals surface area contributed by atoms with Gasteiger partial charge < -0.3 is 10.1 Å². The van der Waals surface area contributed by atoms with Gasteiger partial charge in [-0.2, -0.15) is 5.10 Å². The van der Waals surface area contributed by atoms with Crippen molar-refractivity contribution in [2.45, 2.75) is 20.4 Å². The average molecular weight is 260 g/mol. The van der Waals surface area contributed by atoms with Crippen LogP contribution in [0, 0.1) is 13.8 Å². The number of hydrogen-bond donors (Lipinski definition) is 2. The van der Waals surface area contributed by atoms with Gasteiger partial charge in [-0.05, 0) is 19.4 Å². The van der Waals surface area contributed by atoms with E-state index in [0.717, 1.165) is 11.3 Å². The molecule has 2 rings (SSSR count). The van der Waals surface area contributed by atoms with Crippen molar-refractivity contribution in [3.05, 3.63) is 40.8 Å². The molecule has 0 bridgehead atoms. The summed E-state index contributed by atoms with van der Waals surface area (Å²) in [5.74, 6) is 0.413. The minimum Gasteiger partial charge on any atom is -0.481 e. The van der Waals surface area contributed by atoms with Gasteiger partial charge >= 0.3 is 0 Å². The number of nitrogens with zero attached hydrogens (tertiary/aromatic N) is 2. The molecule has 0 aliphatic heterocycles. The maximum Gasteiger partial charge on any atom is 0.255 e. The van der Waals surface area contributed by atoms with Crippen LogP contribution in [0.4, 0.5) is 0 Å². The number of aromatic amines is 1. The van der Waals surface area contributed by atoms with Crippen LogP contribution in [0.15, 0.2) is 18.3 Å². The van der Waals surface area contributed by atoms with E-state index < -0.39 is 0 Å². The topological polar surface area (TPSA) is 79.9 Å². The summed E-state index contributed by atoms with van der Waals surface area (Å²) in [7, 11) is 1.56. The van der Waals surface area contributed by atoms with E-state index in [-0.39, 0.29) is 5.91 Å². The van der Waals surface area contributed by atoms with Gasteiger partial charge in [0.05, 0.1) is 18.4 Å². The first kappa shape index (κ1) is 13.1. The zero-order valence-corrected chi connectivity index (χ0v) is 11.2. The van der Waals surface area contributed by atoms with Crippen LogP contribution in [0.5, 0.6) is 5.88 Å². The van der Waals surface area contributed by atoms with Crippen LogP contribution < -0.4 is 10.1 Å². The van der Waals surface area contributed by atoms with Crippen LogP contribution in [-0.4, -0.2) is 28.2 Å². The fraction of sp³-hybridized carbons (Fsp3) is 0.308. The molecule has 19 heavy (non-hydrogen) atoms. The number of ether oxygens (including phenoxy) is 1. The molecule has 2 heterocycles. The first-order valence-electron chi connectivity index (χ1n) is 5.90. The van der Waals surface area contributed by atoms with Gasteiger partial charge in [-0.1, -0.05) is 6.07 Å². The minimum atomic E-state index is -0.139. The first-order chi connectivity index (χ1) is 9.11. The van der Waals surface area contributed by atoms with Gasteiger partial charge in [0.2, 0.25) is 5.88 Å². The highest BCUT2D eigenvalue weighted by Crippen LogP contribution is 2.10. The van der Waals surface area contributed by atoms with Crippen LogP contribution >= 0.6 is 0 Å². The highest BCUT2D eigenvalue weighted by molar-refractivity contribution is 5.96. The van der Waals surface area contributed by atoms with Crippen LogP contribution in [0.3, 0.4) is 0 Å². The number of nitrogens with one attached hydrogen (secondary N) is 2. The molecule has 0 aliphatic carbocycles. The van der Waals surface area contributed by atoms with Gasteiger partial charge in [0.1, 0.15) is 0 Å². The van der Waals surface area contributed by atoms with E-state index in [1.807, 2.05) is 13.0 Å². The molecule has 2 N–H and O–H groups in total. The lowest BCUT2D eigenvalue weighted by molar-refractivity contribution is 0.0949. The van der Waals surface area contributed by atoms with Crippen LogP contribution in [0.1, 0.15) is 27.3 Å². The Bertz CT molecular complexity index is 555. The predicted molar refractivity (Wildman–Crippen MR) is 70.0 cm³/mol. The van der Waals surface area contributed by atoms with Gasteiger partial charge in [-0.25, -0.2) is 4.98 Å². The van der Waals surface area contributed by atoms with Gasteiger partial charge in [0.15, 0.2) is 0 Å². The molecule has 0 aliphatic rings. The molecule has 0 aromatic carbocycles. The lowest BCUT2D eigenvalue weighted by Gasteiger charge is -2.06. The third-order valence-electron chi connectivity index (χ3n) is 2.81. The molecular weight excluding hydrogens is 244 g/mol. The summed E-state index contributed by atoms with van der Waals surface area (Å²) in [6.45, 7) is 4.04. The van der Waals surface area contributed by atoms with Gasteiger partial charge in [-0.15, -0.1) is 0 Å². The summed E-state index contributed by atoms with van der Waals surface area (Å²) in [4.78, 5) is 16.1. The Hall–Kier alpha value is -2.37. The largest absolute Gasteiger partial charge is 0.481 e. The molecule has 2 aromatic rings. The van der Waals surface area contributed by atoms with Gasteiger partial charge in [0.25, 0.3) is 5.91 Å². The van der Waals surface area contributed by atoms with Gasteiger partial charge in [-0.3, -0.25) is 9.89 Å². The fourth-order valence-corrected chi connectivity index (χ4v) is 1.79. The SMILES string of the molecule is COc1ccc(CNC(=O)c2c(C)n[nH]c2C)cn1. The molecule has 0 saturated carbocycles. The Morgan fingerprint density at radius 2 is 2.21 bits per heavy atom. The number of aromatic nitrogens is 3. The van der Waals surface area contributed by atoms with Crippen molar-refractivity contribution in [2.24, 2.45) is 0 Å². The molecule has 0 unspecified atom stereocenters. The van der Waals surface area contributed by atoms with E-state index in [2.05, 4.69) is 20.5 Å². The van der Waals surface area contributed by atoms with Crippen molar-refractivity contribution >= 4 is 5.91 Å². The molecule has 6 heteroatoms. The Morgan fingerprint density at radius 3 is 2.74 bits per heavy atom. The molecule has 0 radical (unpaired) electrons. The molecule has 0 spiro atoms. The number of amides is 1. The van der Waals surface area contributed by atoms with Crippen molar-refractivity contribution < 1.29 is 9.53 Å². The number of aryl methyl sites for hydroxylation is 2. The second-order valence-electron chi connectivity index (χ2n) is 4.20. The molecule has 0 saturated heterocycles. The number of methoxy groups -OCH3 is 1. The zero-order valence-electron chi connectivity index (χ0n) is 11.2. The molecule has 0 atom stereocenters. The van der Waals surface area contributed by atoms with E-state index >= 15 is 0 Å². The quantitative estimate of drug-likeness (QED) is 0.869. The molecule has 1 amide bonds. The number of hydrogen-bond acceptors (Lipinski definition) is 4. The van der Waals surface area contributed by atoms with Crippen molar-refractivity contribution in [3.63, 3.8) is 0 Å². The number of carbonyl (C=O) groups excluding carboxylic acids is 1. The average Bonchev–Trinajstić information content (AvgIpc) is 2.76. The monoisotopic (exact) mass is 260 g/mol. The summed E-state index contributed by atoms with van der Waals surface area (Å²) in [5, 5.41) is 9.63. The maximum absolute atomic E-state index is 12.0. The van der Waals surface area contributed by atoms with E-state index in [9.17, 15) is 4.79 Å². The van der Waals surface area contributed by atoms with Crippen LogP contribution in [0.25, 0.3) is 0 Å². The second-order valence-corrected chi connectivity index (χ2v) is 4.20.